The highest BCUT2D eigenvalue weighted by molar-refractivity contribution is 5.94. The number of carbonyl (C=O) groups is 2. The van der Waals surface area contributed by atoms with Crippen molar-refractivity contribution in [3.8, 4) is 17.4 Å². The van der Waals surface area contributed by atoms with Crippen molar-refractivity contribution in [2.75, 3.05) is 5.32 Å². The van der Waals surface area contributed by atoms with Crippen molar-refractivity contribution in [2.24, 2.45) is 0 Å². The number of alkyl halides is 3. The summed E-state index contributed by atoms with van der Waals surface area (Å²) >= 11 is 0. The third-order valence-corrected chi connectivity index (χ3v) is 6.41. The quantitative estimate of drug-likeness (QED) is 0.220. The molecule has 4 aromatic rings. The van der Waals surface area contributed by atoms with Gasteiger partial charge in [-0.25, -0.2) is 9.59 Å². The molecule has 0 spiro atoms. The fourth-order valence-corrected chi connectivity index (χ4v) is 4.12. The average molecular weight is 581 g/mol. The Bertz CT molecular complexity index is 1740. The number of aryl methyl sites for hydroxylation is 1. The minimum atomic E-state index is -5.08. The summed E-state index contributed by atoms with van der Waals surface area (Å²) in [6.07, 6.45) is -5.08. The Morgan fingerprint density at radius 2 is 1.60 bits per heavy atom. The summed E-state index contributed by atoms with van der Waals surface area (Å²) in [5.74, 6) is -3.36. The molecule has 3 N–H and O–H groups in total. The number of hydrogen-bond acceptors (Lipinski definition) is 6. The third-order valence-electron chi connectivity index (χ3n) is 6.41. The van der Waals surface area contributed by atoms with Crippen LogP contribution in [0.2, 0.25) is 0 Å². The first-order chi connectivity index (χ1) is 19.5. The smallest absolute Gasteiger partial charge is 0.478 e. The Hall–Kier alpha value is -5.11. The molecule has 11 heteroatoms. The molecule has 0 amide bonds. The predicted molar refractivity (Wildman–Crippen MR) is 150 cm³/mol. The lowest BCUT2D eigenvalue weighted by Crippen LogP contribution is -2.21. The number of benzene rings is 3. The number of fused-ring (bicyclic) bond motifs is 1. The van der Waals surface area contributed by atoms with Crippen molar-refractivity contribution in [2.45, 2.75) is 45.3 Å². The van der Waals surface area contributed by atoms with E-state index in [1.807, 2.05) is 58.0 Å². The van der Waals surface area contributed by atoms with Crippen molar-refractivity contribution in [1.82, 2.24) is 0 Å². The van der Waals surface area contributed by atoms with Crippen LogP contribution in [0.5, 0.6) is 0 Å². The van der Waals surface area contributed by atoms with Crippen molar-refractivity contribution in [1.29, 1.82) is 5.26 Å². The number of nitriles is 1. The zero-order valence-electron chi connectivity index (χ0n) is 23.0. The van der Waals surface area contributed by atoms with Gasteiger partial charge >= 0.3 is 18.1 Å². The van der Waals surface area contributed by atoms with Gasteiger partial charge in [-0.2, -0.15) is 18.4 Å². The van der Waals surface area contributed by atoms with E-state index in [9.17, 15) is 33.1 Å². The van der Waals surface area contributed by atoms with Crippen LogP contribution in [0.25, 0.3) is 22.3 Å². The van der Waals surface area contributed by atoms with Crippen LogP contribution in [0.15, 0.2) is 75.9 Å². The van der Waals surface area contributed by atoms with Gasteiger partial charge in [-0.1, -0.05) is 42.5 Å². The Balaban J connectivity index is 0.000000616. The second-order valence-electron chi connectivity index (χ2n) is 10.0. The highest BCUT2D eigenvalue weighted by Crippen LogP contribution is 2.32. The Morgan fingerprint density at radius 1 is 1.00 bits per heavy atom. The summed E-state index contributed by atoms with van der Waals surface area (Å²) in [7, 11) is 0. The van der Waals surface area contributed by atoms with Crippen molar-refractivity contribution >= 4 is 28.6 Å². The van der Waals surface area contributed by atoms with Crippen LogP contribution in [0.1, 0.15) is 53.9 Å². The average Bonchev–Trinajstić information content (AvgIpc) is 2.93. The lowest BCUT2D eigenvalue weighted by Gasteiger charge is -2.19. The SMILES string of the molecule is Cc1cc(C(C)Nc2ccccc2C(=O)O)c2oc(-c3ccc(C(C)(C)C#N)cc3)cc(=O)c2c1.O=C(O)C(F)(F)F. The van der Waals surface area contributed by atoms with Gasteiger partial charge in [0.1, 0.15) is 11.3 Å². The first-order valence-corrected chi connectivity index (χ1v) is 12.5. The monoisotopic (exact) mass is 580 g/mol. The normalized spacial score (nSPS) is 12.0. The number of aromatic carboxylic acids is 1. The summed E-state index contributed by atoms with van der Waals surface area (Å²) in [5, 5.41) is 29.8. The first-order valence-electron chi connectivity index (χ1n) is 12.5. The molecule has 0 radical (unpaired) electrons. The highest BCUT2D eigenvalue weighted by atomic mass is 19.4. The Morgan fingerprint density at radius 3 is 2.14 bits per heavy atom. The molecule has 0 aliphatic heterocycles. The van der Waals surface area contributed by atoms with E-state index >= 15 is 0 Å². The van der Waals surface area contributed by atoms with Gasteiger partial charge in [0, 0.05) is 22.9 Å². The molecular formula is C31H27F3N2O6. The second-order valence-corrected chi connectivity index (χ2v) is 10.0. The molecule has 8 nitrogen and oxygen atoms in total. The van der Waals surface area contributed by atoms with E-state index in [-0.39, 0.29) is 17.0 Å². The maximum absolute atomic E-state index is 13.1. The number of hydrogen-bond donors (Lipinski definition) is 3. The van der Waals surface area contributed by atoms with Crippen molar-refractivity contribution in [3.63, 3.8) is 0 Å². The molecule has 42 heavy (non-hydrogen) atoms. The number of para-hydroxylation sites is 1. The minimum Gasteiger partial charge on any atom is -0.478 e. The fourth-order valence-electron chi connectivity index (χ4n) is 4.12. The molecule has 0 saturated heterocycles. The van der Waals surface area contributed by atoms with E-state index in [4.69, 9.17) is 14.3 Å². The van der Waals surface area contributed by atoms with E-state index in [1.54, 1.807) is 30.3 Å². The van der Waals surface area contributed by atoms with Gasteiger partial charge in [0.15, 0.2) is 5.43 Å². The number of anilines is 1. The number of aliphatic carboxylic acids is 1. The number of halogens is 3. The van der Waals surface area contributed by atoms with Crippen LogP contribution in [0.4, 0.5) is 18.9 Å². The van der Waals surface area contributed by atoms with Crippen LogP contribution in [0.3, 0.4) is 0 Å². The molecule has 0 fully saturated rings. The lowest BCUT2D eigenvalue weighted by atomic mass is 9.86. The third kappa shape index (κ3) is 7.14. The topological polar surface area (TPSA) is 141 Å². The number of carboxylic acid groups (broad SMARTS) is 2. The molecule has 0 saturated carbocycles. The molecule has 1 atom stereocenters. The van der Waals surface area contributed by atoms with Gasteiger partial charge in [0.25, 0.3) is 0 Å². The molecule has 4 rings (SSSR count). The van der Waals surface area contributed by atoms with Gasteiger partial charge in [-0.15, -0.1) is 0 Å². The maximum Gasteiger partial charge on any atom is 0.490 e. The Kier molecular flexibility index (Phi) is 9.11. The lowest BCUT2D eigenvalue weighted by molar-refractivity contribution is -0.192. The van der Waals surface area contributed by atoms with E-state index in [2.05, 4.69) is 11.4 Å². The largest absolute Gasteiger partial charge is 0.490 e. The number of carboxylic acids is 2. The van der Waals surface area contributed by atoms with Gasteiger partial charge in [0.05, 0.1) is 28.5 Å². The molecule has 1 unspecified atom stereocenters. The van der Waals surface area contributed by atoms with E-state index in [0.29, 0.717) is 22.4 Å². The molecule has 0 aliphatic rings. The van der Waals surface area contributed by atoms with Crippen LogP contribution < -0.4 is 10.7 Å². The summed E-state index contributed by atoms with van der Waals surface area (Å²) in [6.45, 7) is 7.51. The number of rotatable bonds is 6. The molecule has 1 aromatic heterocycles. The fraction of sp³-hybridized carbons (Fsp3) is 0.226. The molecule has 1 heterocycles. The zero-order valence-corrected chi connectivity index (χ0v) is 23.0. The molecular weight excluding hydrogens is 553 g/mol. The van der Waals surface area contributed by atoms with Crippen LogP contribution in [-0.2, 0) is 10.2 Å². The minimum absolute atomic E-state index is 0.161. The van der Waals surface area contributed by atoms with Gasteiger partial charge in [0.2, 0.25) is 0 Å². The highest BCUT2D eigenvalue weighted by Gasteiger charge is 2.38. The Labute approximate surface area is 238 Å². The molecule has 3 aromatic carbocycles. The maximum atomic E-state index is 13.1. The van der Waals surface area contributed by atoms with E-state index in [0.717, 1.165) is 22.3 Å². The van der Waals surface area contributed by atoms with Crippen LogP contribution in [-0.4, -0.2) is 28.3 Å². The summed E-state index contributed by atoms with van der Waals surface area (Å²) in [4.78, 5) is 33.6. The van der Waals surface area contributed by atoms with Gasteiger partial charge < -0.3 is 19.9 Å². The predicted octanol–water partition coefficient (Wildman–Crippen LogP) is 7.07. The van der Waals surface area contributed by atoms with Gasteiger partial charge in [-0.05, 0) is 57.0 Å². The van der Waals surface area contributed by atoms with Gasteiger partial charge in [-0.3, -0.25) is 4.79 Å². The van der Waals surface area contributed by atoms with Crippen molar-refractivity contribution < 1.29 is 37.4 Å². The summed E-state index contributed by atoms with van der Waals surface area (Å²) in [6, 6.07) is 21.3. The number of nitrogens with one attached hydrogen (secondary N) is 1. The summed E-state index contributed by atoms with van der Waals surface area (Å²) in [5.41, 5.74) is 3.56. The van der Waals surface area contributed by atoms with Crippen molar-refractivity contribution in [3.05, 3.63) is 99.2 Å². The van der Waals surface area contributed by atoms with E-state index in [1.165, 1.54) is 6.07 Å². The van der Waals surface area contributed by atoms with Crippen LogP contribution in [0, 0.1) is 18.3 Å². The standard InChI is InChI=1S/C29H26N2O4.C2HF3O2/c1-17-13-22(18(2)31-24-8-6-5-7-21(24)28(33)34)27-23(14-17)25(32)15-26(35-27)19-9-11-20(12-10-19)29(3,4)16-30;3-2(4,5)1(6)7/h5-15,18,31H,1-4H3,(H,33,34);(H,6,7). The second kappa shape index (κ2) is 12.2. The zero-order chi connectivity index (χ0) is 31.4. The summed E-state index contributed by atoms with van der Waals surface area (Å²) < 4.78 is 38.0. The van der Waals surface area contributed by atoms with E-state index < -0.39 is 23.5 Å². The molecule has 218 valence electrons. The first kappa shape index (κ1) is 31.4. The molecule has 0 bridgehead atoms. The van der Waals surface area contributed by atoms with Crippen LogP contribution >= 0.6 is 0 Å². The number of nitrogens with zero attached hydrogens (tertiary/aromatic N) is 1. The molecule has 0 aliphatic carbocycles.